The van der Waals surface area contributed by atoms with Crippen molar-refractivity contribution in [2.45, 2.75) is 203 Å². The van der Waals surface area contributed by atoms with Gasteiger partial charge in [-0.25, -0.2) is 4.79 Å². The van der Waals surface area contributed by atoms with Crippen LogP contribution in [-0.4, -0.2) is 87.8 Å². The number of unbranched alkanes of at least 4 members (excludes halogenated alkanes) is 2. The molecule has 14 unspecified atom stereocenters. The number of phenols is 1. The summed E-state index contributed by atoms with van der Waals surface area (Å²) < 4.78 is 16.9. The third-order valence-electron chi connectivity index (χ3n) is 19.3. The highest BCUT2D eigenvalue weighted by Crippen LogP contribution is 2.75. The number of ketones is 1. The third-order valence-corrected chi connectivity index (χ3v) is 19.3. The fourth-order valence-electron chi connectivity index (χ4n) is 14.6. The number of esters is 3. The van der Waals surface area contributed by atoms with Gasteiger partial charge in [0.1, 0.15) is 12.2 Å². The zero-order valence-electron chi connectivity index (χ0n) is 45.0. The topological polar surface area (TPSA) is 232 Å². The molecule has 1 heterocycles. The number of para-hydroxylation sites is 1. The smallest absolute Gasteiger partial charge is 0.332 e. The Bertz CT molecular complexity index is 2290. The number of nitrogens with one attached hydrogen (secondary N) is 2. The molecule has 7 rings (SSSR count). The van der Waals surface area contributed by atoms with E-state index >= 15 is 0 Å². The van der Waals surface area contributed by atoms with Gasteiger partial charge in [-0.1, -0.05) is 93.2 Å². The van der Waals surface area contributed by atoms with Gasteiger partial charge in [-0.3, -0.25) is 28.8 Å². The van der Waals surface area contributed by atoms with Crippen LogP contribution in [0.4, 0.5) is 5.69 Å². The maximum atomic E-state index is 14.2. The largest absolute Gasteiger partial charge is 0.505 e. The number of carboxylic acid groups (broad SMARTS) is 1. The molecule has 0 spiro atoms. The van der Waals surface area contributed by atoms with Gasteiger partial charge in [0.25, 0.3) is 5.91 Å². The van der Waals surface area contributed by atoms with Gasteiger partial charge in [0.05, 0.1) is 28.7 Å². The lowest BCUT2D eigenvalue weighted by Gasteiger charge is -2.70. The van der Waals surface area contributed by atoms with Crippen LogP contribution in [0.1, 0.15) is 183 Å². The Morgan fingerprint density at radius 3 is 2.19 bits per heavy atom. The van der Waals surface area contributed by atoms with Crippen molar-refractivity contribution in [2.24, 2.45) is 62.1 Å². The first kappa shape index (κ1) is 56.5. The Morgan fingerprint density at radius 1 is 0.889 bits per heavy atom. The van der Waals surface area contributed by atoms with E-state index in [1.54, 1.807) is 0 Å². The number of aromatic hydroxyl groups is 1. The number of carbonyl (C=O) groups excluding carboxylic acids is 6. The highest BCUT2D eigenvalue weighted by molar-refractivity contribution is 6.01. The third kappa shape index (κ3) is 10.3. The molecule has 0 aromatic heterocycles. The fraction of sp³-hybridized carbons (Fsp3) is 0.737. The van der Waals surface area contributed by atoms with Crippen LogP contribution < -0.4 is 10.6 Å². The molecule has 6 aliphatic rings. The van der Waals surface area contributed by atoms with E-state index in [0.717, 1.165) is 64.2 Å². The van der Waals surface area contributed by atoms with Crippen LogP contribution in [0, 0.1) is 62.1 Å². The normalized spacial score (nSPS) is 38.1. The molecule has 400 valence electrons. The maximum Gasteiger partial charge on any atom is 0.332 e. The van der Waals surface area contributed by atoms with Gasteiger partial charge in [0.2, 0.25) is 6.41 Å². The Labute approximate surface area is 426 Å². The Kier molecular flexibility index (Phi) is 16.6. The van der Waals surface area contributed by atoms with Gasteiger partial charge in [-0.05, 0) is 148 Å². The number of allylic oxidation sites excluding steroid dienone is 2. The minimum Gasteiger partial charge on any atom is -0.505 e. The number of fused-ring (bicyclic) bond motifs is 7. The molecule has 15 heteroatoms. The number of hydrogen-bond donors (Lipinski definition) is 5. The van der Waals surface area contributed by atoms with E-state index in [4.69, 9.17) is 14.2 Å². The predicted molar refractivity (Wildman–Crippen MR) is 270 cm³/mol. The average Bonchev–Trinajstić information content (AvgIpc) is 3.31. The van der Waals surface area contributed by atoms with Crippen LogP contribution in [-0.2, 0) is 43.0 Å². The molecule has 5 fully saturated rings. The number of amides is 2. The standard InChI is InChI=1S/C30H46O4.C27H38N2O9/c1-25(2)21-8-11-30(7)23(28(21,5)10-9-22(25)32)20(31)16-18-19-17-27(4,24(33)34)13-12-26(19,3)14-15-29(18,30)6;1-6-7-8-10-19-24(38-21(31)13-15(2)3)17(5)37-27(35)22(16(4)36-26(19)34)29-25(33)18-11-9-12-20(23(18)32)28-14-30/h16,19,21-23,32H,8-15,17H2,1-7H3,(H,33,34);9,11-12,14-17,19,22,24,32H,6-8,10,13H2,1-5H3,(H,28,30)(H,29,33). The van der Waals surface area contributed by atoms with Crippen LogP contribution in [0.15, 0.2) is 29.8 Å². The van der Waals surface area contributed by atoms with E-state index in [2.05, 4.69) is 52.2 Å². The van der Waals surface area contributed by atoms with Gasteiger partial charge in [-0.2, -0.15) is 0 Å². The number of anilines is 1. The average molecular weight is 1010 g/mol. The summed E-state index contributed by atoms with van der Waals surface area (Å²) in [5.74, 6) is -4.21. The number of carbonyl (C=O) groups is 7. The highest BCUT2D eigenvalue weighted by Gasteiger charge is 2.70. The zero-order chi connectivity index (χ0) is 53.5. The molecule has 5 N–H and O–H groups in total. The summed E-state index contributed by atoms with van der Waals surface area (Å²) in [5, 5.41) is 36.0. The van der Waals surface area contributed by atoms with Crippen molar-refractivity contribution in [2.75, 3.05) is 5.32 Å². The van der Waals surface area contributed by atoms with Crippen molar-refractivity contribution < 1.29 is 63.1 Å². The van der Waals surface area contributed by atoms with Gasteiger partial charge in [0.15, 0.2) is 23.7 Å². The number of phenolic OH excluding ortho intramolecular Hbond substituents is 1. The van der Waals surface area contributed by atoms with E-state index in [0.29, 0.717) is 31.6 Å². The summed E-state index contributed by atoms with van der Waals surface area (Å²) in [6, 6.07) is 2.71. The molecule has 1 aliphatic heterocycles. The number of hydrogen-bond acceptors (Lipinski definition) is 12. The second-order valence-electron chi connectivity index (χ2n) is 24.8. The Hall–Kier alpha value is -4.79. The molecular formula is C57H84N2O13. The van der Waals surface area contributed by atoms with Crippen LogP contribution in [0.5, 0.6) is 5.75 Å². The first-order valence-electron chi connectivity index (χ1n) is 26.7. The van der Waals surface area contributed by atoms with Crippen molar-refractivity contribution >= 4 is 47.7 Å². The first-order valence-corrected chi connectivity index (χ1v) is 26.7. The molecule has 2 amide bonds. The predicted octanol–water partition coefficient (Wildman–Crippen LogP) is 9.50. The number of aliphatic carboxylic acids is 1. The summed E-state index contributed by atoms with van der Waals surface area (Å²) >= 11 is 0. The summed E-state index contributed by atoms with van der Waals surface area (Å²) in [6.45, 7) is 24.5. The molecule has 72 heavy (non-hydrogen) atoms. The maximum absolute atomic E-state index is 14.2. The van der Waals surface area contributed by atoms with E-state index in [1.807, 2.05) is 33.8 Å². The molecule has 1 aromatic carbocycles. The van der Waals surface area contributed by atoms with Crippen LogP contribution >= 0.6 is 0 Å². The van der Waals surface area contributed by atoms with Crippen LogP contribution in [0.2, 0.25) is 0 Å². The van der Waals surface area contributed by atoms with E-state index in [-0.39, 0.29) is 74.4 Å². The van der Waals surface area contributed by atoms with Gasteiger partial charge in [-0.15, -0.1) is 0 Å². The van der Waals surface area contributed by atoms with Crippen molar-refractivity contribution in [3.63, 3.8) is 0 Å². The fourth-order valence-corrected chi connectivity index (χ4v) is 14.6. The lowest BCUT2D eigenvalue weighted by atomic mass is 9.33. The SMILES string of the molecule is CC1(C(=O)O)CCC2(C)CCC3(C)C(=CC(=O)C4C5(C)CCC(O)C(C)(C)C5CCC43C)C2C1.CCCCCC1C(=O)OC(C)C(NC(=O)c2cccc(NC=O)c2O)C(=O)OC(C)C1OC(=O)CC(C)C. The molecule has 0 bridgehead atoms. The summed E-state index contributed by atoms with van der Waals surface area (Å²) in [4.78, 5) is 89.1. The minimum absolute atomic E-state index is 0.00114. The molecule has 0 radical (unpaired) electrons. The van der Waals surface area contributed by atoms with E-state index in [1.165, 1.54) is 37.6 Å². The molecule has 5 aliphatic carbocycles. The van der Waals surface area contributed by atoms with Crippen LogP contribution in [0.3, 0.4) is 0 Å². The second kappa shape index (κ2) is 21.2. The second-order valence-corrected chi connectivity index (χ2v) is 24.8. The monoisotopic (exact) mass is 1000 g/mol. The number of aliphatic hydroxyl groups is 1. The van der Waals surface area contributed by atoms with Crippen LogP contribution in [0.25, 0.3) is 0 Å². The summed E-state index contributed by atoms with van der Waals surface area (Å²) in [5.41, 5.74) is -0.0734. The minimum atomic E-state index is -1.42. The number of ether oxygens (including phenoxy) is 3. The first-order chi connectivity index (χ1) is 33.5. The number of benzene rings is 1. The molecule has 14 atom stereocenters. The molecule has 4 saturated carbocycles. The number of aliphatic hydroxyl groups excluding tert-OH is 1. The van der Waals surface area contributed by atoms with Gasteiger partial charge in [0, 0.05) is 12.3 Å². The van der Waals surface area contributed by atoms with Crippen molar-refractivity contribution in [1.82, 2.24) is 5.32 Å². The molecule has 1 aromatic rings. The number of cyclic esters (lactones) is 2. The van der Waals surface area contributed by atoms with Crippen molar-refractivity contribution in [3.05, 3.63) is 35.4 Å². The lowest BCUT2D eigenvalue weighted by molar-refractivity contribution is -0.202. The quantitative estimate of drug-likeness (QED) is 0.0432. The van der Waals surface area contributed by atoms with Gasteiger partial charge >= 0.3 is 23.9 Å². The van der Waals surface area contributed by atoms with E-state index < -0.39 is 71.2 Å². The number of carboxylic acids is 1. The molecular weight excluding hydrogens is 921 g/mol. The van der Waals surface area contributed by atoms with Crippen molar-refractivity contribution in [1.29, 1.82) is 0 Å². The number of rotatable bonds is 12. The Balaban J connectivity index is 0.000000236. The summed E-state index contributed by atoms with van der Waals surface area (Å²) in [7, 11) is 0. The Morgan fingerprint density at radius 2 is 1.56 bits per heavy atom. The van der Waals surface area contributed by atoms with Crippen molar-refractivity contribution in [3.8, 4) is 5.75 Å². The van der Waals surface area contributed by atoms with E-state index in [9.17, 15) is 48.9 Å². The lowest BCUT2D eigenvalue weighted by Crippen LogP contribution is -2.66. The van der Waals surface area contributed by atoms with Gasteiger partial charge < -0.3 is 40.2 Å². The molecule has 1 saturated heterocycles. The highest BCUT2D eigenvalue weighted by atomic mass is 16.6. The summed E-state index contributed by atoms with van der Waals surface area (Å²) in [6.07, 6.45) is 10.0. The molecule has 15 nitrogen and oxygen atoms in total. The zero-order valence-corrected chi connectivity index (χ0v) is 45.0.